The number of nitrogens with zero attached hydrogens (tertiary/aromatic N) is 4. The molecule has 4 heterocycles. The number of hydrogen-bond acceptors (Lipinski definition) is 7. The summed E-state index contributed by atoms with van der Waals surface area (Å²) in [6.45, 7) is 2.83. The van der Waals surface area contributed by atoms with Crippen molar-refractivity contribution in [3.05, 3.63) is 69.3 Å². The summed E-state index contributed by atoms with van der Waals surface area (Å²) in [7, 11) is -3.62. The summed E-state index contributed by atoms with van der Waals surface area (Å²) in [5.74, 6) is -0.382. The molecule has 7 nitrogen and oxygen atoms in total. The number of rotatable bonds is 6. The van der Waals surface area contributed by atoms with E-state index < -0.39 is 10.0 Å². The lowest BCUT2D eigenvalue weighted by Gasteiger charge is -2.32. The summed E-state index contributed by atoms with van der Waals surface area (Å²) in [6, 6.07) is 10.6. The predicted octanol–water partition coefficient (Wildman–Crippen LogP) is 6.00. The van der Waals surface area contributed by atoms with E-state index in [2.05, 4.69) is 4.98 Å². The maximum Gasteiger partial charge on any atom is 0.252 e. The molecule has 12 heteroatoms. The van der Waals surface area contributed by atoms with E-state index >= 15 is 0 Å². The van der Waals surface area contributed by atoms with E-state index in [0.29, 0.717) is 33.9 Å². The fraction of sp³-hybridized carbons (Fsp3) is 0.292. The van der Waals surface area contributed by atoms with Crippen LogP contribution in [0.3, 0.4) is 0 Å². The van der Waals surface area contributed by atoms with Gasteiger partial charge in [-0.2, -0.15) is 4.31 Å². The van der Waals surface area contributed by atoms with Gasteiger partial charge in [0.15, 0.2) is 5.13 Å². The number of halogens is 2. The number of thiazole rings is 1. The number of pyridine rings is 1. The van der Waals surface area contributed by atoms with Gasteiger partial charge in [0.25, 0.3) is 10.0 Å². The number of piperidine rings is 1. The molecule has 4 aromatic rings. The van der Waals surface area contributed by atoms with Crippen LogP contribution >= 0.6 is 45.9 Å². The molecule has 0 bridgehead atoms. The fourth-order valence-electron chi connectivity index (χ4n) is 4.30. The van der Waals surface area contributed by atoms with Crippen molar-refractivity contribution in [2.75, 3.05) is 18.0 Å². The van der Waals surface area contributed by atoms with Gasteiger partial charge < -0.3 is 0 Å². The highest BCUT2D eigenvalue weighted by Gasteiger charge is 2.35. The Bertz CT molecular complexity index is 1510. The maximum atomic E-state index is 13.8. The molecule has 0 spiro atoms. The molecule has 1 aromatic carbocycles. The standard InChI is InChI=1S/C24H22Cl2N4O3S3/c1-15-12-18(25)13-19-22(15)28-24(34-19)30(14-16-4-8-27-9-5-16)23(31)17-6-10-29(11-7-17)36(32,33)21-3-2-20(26)35-21/h2-5,8-9,12-13,17H,6-7,10-11,14H2,1H3. The Kier molecular flexibility index (Phi) is 7.35. The van der Waals surface area contributed by atoms with E-state index in [0.717, 1.165) is 32.7 Å². The van der Waals surface area contributed by atoms with Gasteiger partial charge >= 0.3 is 0 Å². The minimum atomic E-state index is -3.62. The Morgan fingerprint density at radius 1 is 1.11 bits per heavy atom. The third-order valence-electron chi connectivity index (χ3n) is 6.17. The van der Waals surface area contributed by atoms with Crippen LogP contribution in [0.4, 0.5) is 5.13 Å². The number of aromatic nitrogens is 2. The third-order valence-corrected chi connectivity index (χ3v) is 11.0. The highest BCUT2D eigenvalue weighted by Crippen LogP contribution is 2.36. The molecule has 0 saturated carbocycles. The van der Waals surface area contributed by atoms with Gasteiger partial charge in [-0.25, -0.2) is 13.4 Å². The number of sulfonamides is 1. The maximum absolute atomic E-state index is 13.8. The minimum absolute atomic E-state index is 0.0640. The van der Waals surface area contributed by atoms with E-state index in [-0.39, 0.29) is 29.1 Å². The predicted molar refractivity (Wildman–Crippen MR) is 146 cm³/mol. The van der Waals surface area contributed by atoms with E-state index in [1.807, 2.05) is 31.2 Å². The van der Waals surface area contributed by atoms with Gasteiger partial charge in [0.1, 0.15) is 4.21 Å². The lowest BCUT2D eigenvalue weighted by Crippen LogP contribution is -2.44. The Morgan fingerprint density at radius 2 is 1.83 bits per heavy atom. The summed E-state index contributed by atoms with van der Waals surface area (Å²) >= 11 is 14.7. The van der Waals surface area contributed by atoms with E-state index in [1.54, 1.807) is 23.4 Å². The molecule has 1 aliphatic rings. The molecular formula is C24H22Cl2N4O3S3. The van der Waals surface area contributed by atoms with Gasteiger partial charge in [-0.05, 0) is 67.3 Å². The minimum Gasteiger partial charge on any atom is -0.283 e. The largest absolute Gasteiger partial charge is 0.283 e. The van der Waals surface area contributed by atoms with Crippen LogP contribution in [0.1, 0.15) is 24.0 Å². The van der Waals surface area contributed by atoms with Crippen molar-refractivity contribution in [2.24, 2.45) is 5.92 Å². The Hall–Kier alpha value is -2.08. The molecule has 1 amide bonds. The molecule has 188 valence electrons. The van der Waals surface area contributed by atoms with Gasteiger partial charge in [0.05, 0.1) is 21.1 Å². The summed E-state index contributed by atoms with van der Waals surface area (Å²) in [5, 5.41) is 1.23. The zero-order chi connectivity index (χ0) is 25.4. The van der Waals surface area contributed by atoms with Crippen molar-refractivity contribution in [1.82, 2.24) is 14.3 Å². The number of amides is 1. The van der Waals surface area contributed by atoms with Crippen LogP contribution < -0.4 is 4.90 Å². The normalized spacial score (nSPS) is 15.4. The van der Waals surface area contributed by atoms with Crippen LogP contribution in [0.2, 0.25) is 9.36 Å². The van der Waals surface area contributed by atoms with Crippen molar-refractivity contribution in [2.45, 2.75) is 30.5 Å². The van der Waals surface area contributed by atoms with Gasteiger partial charge in [-0.15, -0.1) is 11.3 Å². The average Bonchev–Trinajstić information content (AvgIpc) is 3.50. The Morgan fingerprint density at radius 3 is 2.50 bits per heavy atom. The van der Waals surface area contributed by atoms with Gasteiger partial charge in [0.2, 0.25) is 5.91 Å². The second-order valence-corrected chi connectivity index (χ2v) is 13.9. The van der Waals surface area contributed by atoms with Crippen molar-refractivity contribution >= 4 is 77.2 Å². The second kappa shape index (κ2) is 10.4. The molecule has 1 aliphatic heterocycles. The first kappa shape index (κ1) is 25.6. The van der Waals surface area contributed by atoms with Crippen LogP contribution in [-0.2, 0) is 21.4 Å². The average molecular weight is 582 g/mol. The van der Waals surface area contributed by atoms with Gasteiger partial charge in [0, 0.05) is 36.4 Å². The first-order valence-corrected chi connectivity index (χ1v) is 15.1. The summed E-state index contributed by atoms with van der Waals surface area (Å²) < 4.78 is 29.0. The van der Waals surface area contributed by atoms with Crippen LogP contribution in [-0.4, -0.2) is 41.7 Å². The SMILES string of the molecule is Cc1cc(Cl)cc2sc(N(Cc3ccncc3)C(=O)C3CCN(S(=O)(=O)c4ccc(Cl)s4)CC3)nc12. The first-order valence-electron chi connectivity index (χ1n) is 11.2. The van der Waals surface area contributed by atoms with E-state index in [4.69, 9.17) is 28.2 Å². The molecule has 0 unspecified atom stereocenters. The molecule has 5 rings (SSSR count). The number of aryl methyl sites for hydroxylation is 1. The van der Waals surface area contributed by atoms with Crippen LogP contribution in [0.25, 0.3) is 10.2 Å². The molecule has 0 N–H and O–H groups in total. The van der Waals surface area contributed by atoms with Gasteiger partial charge in [-0.1, -0.05) is 34.5 Å². The highest BCUT2D eigenvalue weighted by atomic mass is 35.5. The smallest absolute Gasteiger partial charge is 0.252 e. The van der Waals surface area contributed by atoms with Crippen LogP contribution in [0.15, 0.2) is 53.0 Å². The summed E-state index contributed by atoms with van der Waals surface area (Å²) in [5.41, 5.74) is 2.70. The lowest BCUT2D eigenvalue weighted by molar-refractivity contribution is -0.123. The quantitative estimate of drug-likeness (QED) is 0.279. The Labute approximate surface area is 227 Å². The fourth-order valence-corrected chi connectivity index (χ4v) is 8.83. The number of hydrogen-bond donors (Lipinski definition) is 0. The van der Waals surface area contributed by atoms with Crippen molar-refractivity contribution in [3.63, 3.8) is 0 Å². The number of benzene rings is 1. The van der Waals surface area contributed by atoms with Gasteiger partial charge in [-0.3, -0.25) is 14.7 Å². The van der Waals surface area contributed by atoms with Crippen molar-refractivity contribution < 1.29 is 13.2 Å². The molecule has 1 fully saturated rings. The zero-order valence-corrected chi connectivity index (χ0v) is 23.2. The third kappa shape index (κ3) is 5.16. The zero-order valence-electron chi connectivity index (χ0n) is 19.2. The number of anilines is 1. The number of carbonyl (C=O) groups excluding carboxylic acids is 1. The monoisotopic (exact) mass is 580 g/mol. The van der Waals surface area contributed by atoms with Crippen molar-refractivity contribution in [3.8, 4) is 0 Å². The summed E-state index contributed by atoms with van der Waals surface area (Å²) in [4.78, 5) is 24.4. The van der Waals surface area contributed by atoms with Crippen molar-refractivity contribution in [1.29, 1.82) is 0 Å². The second-order valence-electron chi connectivity index (χ2n) is 8.58. The topological polar surface area (TPSA) is 83.5 Å². The van der Waals surface area contributed by atoms with Crippen LogP contribution in [0, 0.1) is 12.8 Å². The van der Waals surface area contributed by atoms with Crippen LogP contribution in [0.5, 0.6) is 0 Å². The molecule has 0 aliphatic carbocycles. The number of fused-ring (bicyclic) bond motifs is 1. The summed E-state index contributed by atoms with van der Waals surface area (Å²) in [6.07, 6.45) is 4.25. The first-order chi connectivity index (χ1) is 17.2. The molecule has 3 aromatic heterocycles. The number of carbonyl (C=O) groups is 1. The number of thiophene rings is 1. The highest BCUT2D eigenvalue weighted by molar-refractivity contribution is 7.91. The molecule has 1 saturated heterocycles. The van der Waals surface area contributed by atoms with E-state index in [1.165, 1.54) is 21.7 Å². The molecule has 0 radical (unpaired) electrons. The molecule has 0 atom stereocenters. The lowest BCUT2D eigenvalue weighted by atomic mass is 9.96. The molecular weight excluding hydrogens is 559 g/mol. The Balaban J connectivity index is 1.39. The van der Waals surface area contributed by atoms with E-state index in [9.17, 15) is 13.2 Å². The molecule has 36 heavy (non-hydrogen) atoms.